The Morgan fingerprint density at radius 1 is 0.766 bits per heavy atom. The quantitative estimate of drug-likeness (QED) is 0.0936. The Morgan fingerprint density at radius 2 is 1.43 bits per heavy atom. The lowest BCUT2D eigenvalue weighted by Gasteiger charge is -2.21. The molecule has 5 N–H and O–H groups in total. The van der Waals surface area contributed by atoms with Crippen molar-refractivity contribution >= 4 is 87.4 Å². The summed E-state index contributed by atoms with van der Waals surface area (Å²) in [5.74, 6) is -2.12. The zero-order valence-electron chi connectivity index (χ0n) is 23.2. The van der Waals surface area contributed by atoms with Crippen LogP contribution in [0.3, 0.4) is 0 Å². The molecule has 47 heavy (non-hydrogen) atoms. The summed E-state index contributed by atoms with van der Waals surface area (Å²) >= 11 is 6.10. The molecule has 0 unspecified atom stereocenters. The topological polar surface area (TPSA) is 262 Å². The van der Waals surface area contributed by atoms with Gasteiger partial charge in [-0.15, -0.1) is 10.2 Å². The zero-order valence-corrected chi connectivity index (χ0v) is 26.4. The van der Waals surface area contributed by atoms with Gasteiger partial charge >= 0.3 is 0 Å². The highest BCUT2D eigenvalue weighted by Crippen LogP contribution is 2.42. The fourth-order valence-electron chi connectivity index (χ4n) is 4.25. The number of hydrogen-bond donors (Lipinski definition) is 5. The van der Waals surface area contributed by atoms with Gasteiger partial charge in [-0.2, -0.15) is 40.2 Å². The van der Waals surface area contributed by atoms with Crippen LogP contribution in [0.4, 0.5) is 34.6 Å². The highest BCUT2D eigenvalue weighted by atomic mass is 35.5. The first-order chi connectivity index (χ1) is 22.0. The highest BCUT2D eigenvalue weighted by Gasteiger charge is 2.24. The first kappa shape index (κ1) is 33.5. The lowest BCUT2D eigenvalue weighted by molar-refractivity contribution is 0.472. The number of azo groups is 1. The summed E-state index contributed by atoms with van der Waals surface area (Å²) in [6.45, 7) is 0. The number of anilines is 4. The first-order valence-electron chi connectivity index (χ1n) is 12.7. The van der Waals surface area contributed by atoms with Gasteiger partial charge < -0.3 is 10.4 Å². The second-order valence-electron chi connectivity index (χ2n) is 9.45. The molecule has 5 rings (SSSR count). The van der Waals surface area contributed by atoms with Crippen LogP contribution in [0.25, 0.3) is 10.8 Å². The minimum absolute atomic E-state index is 0.0257. The van der Waals surface area contributed by atoms with E-state index in [2.05, 4.69) is 30.5 Å². The molecule has 0 radical (unpaired) electrons. The van der Waals surface area contributed by atoms with Gasteiger partial charge in [0.25, 0.3) is 30.4 Å². The number of hydrogen-bond acceptors (Lipinski definition) is 14. The molecule has 0 fully saturated rings. The summed E-state index contributed by atoms with van der Waals surface area (Å²) in [6, 6.07) is 17.9. The van der Waals surface area contributed by atoms with Crippen molar-refractivity contribution in [3.05, 3.63) is 84.1 Å². The summed E-state index contributed by atoms with van der Waals surface area (Å²) in [5, 5.41) is 20.9. The first-order valence-corrected chi connectivity index (χ1v) is 17.6. The van der Waals surface area contributed by atoms with Gasteiger partial charge in [0.05, 0.1) is 0 Å². The molecule has 4 aromatic carbocycles. The molecule has 0 atom stereocenters. The van der Waals surface area contributed by atoms with Gasteiger partial charge in [0.1, 0.15) is 21.2 Å². The SMILES string of the molecule is O=S(=O)(O)CN(c1ccccc1)c1nc(Cl)nc(Nc2ccc3c(O)c(N=Nc4ccccc4S(=O)(=O)O)c(S(=O)(=O)O)cc3c2)n1. The minimum atomic E-state index is -5.05. The Hall–Kier alpha value is -4.83. The molecule has 21 heteroatoms. The molecule has 5 aromatic rings. The van der Waals surface area contributed by atoms with Crippen LogP contribution in [0.2, 0.25) is 5.28 Å². The van der Waals surface area contributed by atoms with Gasteiger partial charge in [-0.3, -0.25) is 18.6 Å². The van der Waals surface area contributed by atoms with Crippen LogP contribution >= 0.6 is 11.6 Å². The van der Waals surface area contributed by atoms with Gasteiger partial charge in [0, 0.05) is 16.8 Å². The van der Waals surface area contributed by atoms with Crippen LogP contribution in [0.5, 0.6) is 5.75 Å². The second kappa shape index (κ2) is 12.8. The van der Waals surface area contributed by atoms with E-state index in [1.54, 1.807) is 30.3 Å². The number of aromatic hydroxyl groups is 1. The summed E-state index contributed by atoms with van der Waals surface area (Å²) in [6.07, 6.45) is 0. The molecule has 0 aliphatic carbocycles. The van der Waals surface area contributed by atoms with E-state index < -0.39 is 57.5 Å². The number of benzene rings is 4. The summed E-state index contributed by atoms with van der Waals surface area (Å²) in [5.41, 5.74) is -0.608. The van der Waals surface area contributed by atoms with Crippen LogP contribution < -0.4 is 10.2 Å². The molecule has 0 spiro atoms. The van der Waals surface area contributed by atoms with E-state index in [-0.39, 0.29) is 39.3 Å². The molecule has 244 valence electrons. The Balaban J connectivity index is 1.56. The number of aromatic nitrogens is 3. The Morgan fingerprint density at radius 3 is 2.09 bits per heavy atom. The number of phenols is 1. The lowest BCUT2D eigenvalue weighted by atomic mass is 10.1. The summed E-state index contributed by atoms with van der Waals surface area (Å²) < 4.78 is 100. The zero-order chi connectivity index (χ0) is 34.1. The fraction of sp³-hybridized carbons (Fsp3) is 0.0385. The van der Waals surface area contributed by atoms with Crippen molar-refractivity contribution in [1.82, 2.24) is 15.0 Å². The second-order valence-corrected chi connectivity index (χ2v) is 14.0. The molecule has 17 nitrogen and oxygen atoms in total. The van der Waals surface area contributed by atoms with Crippen molar-refractivity contribution in [3.63, 3.8) is 0 Å². The predicted molar refractivity (Wildman–Crippen MR) is 169 cm³/mol. The van der Waals surface area contributed by atoms with E-state index in [0.29, 0.717) is 5.69 Å². The van der Waals surface area contributed by atoms with Crippen LogP contribution in [0.1, 0.15) is 0 Å². The maximum Gasteiger partial charge on any atom is 0.296 e. The third kappa shape index (κ3) is 7.94. The number of fused-ring (bicyclic) bond motifs is 1. The van der Waals surface area contributed by atoms with Crippen molar-refractivity contribution in [1.29, 1.82) is 0 Å². The number of halogens is 1. The number of rotatable bonds is 10. The van der Waals surface area contributed by atoms with E-state index in [0.717, 1.165) is 23.1 Å². The van der Waals surface area contributed by atoms with Gasteiger partial charge in [-0.1, -0.05) is 30.3 Å². The van der Waals surface area contributed by atoms with Crippen molar-refractivity contribution in [2.75, 3.05) is 16.1 Å². The maximum absolute atomic E-state index is 12.3. The standard InChI is InChI=1S/C26H20ClN7O10S3/c27-24-29-25(31-26(30-24)34(14-45(36,37)38)17-6-2-1-3-7-17)28-16-10-11-18-15(12-16)13-21(47(42,43)44)22(23(18)35)33-32-19-8-4-5-9-20(19)46(39,40)41/h1-13,35H,14H2,(H,36,37,38)(H,39,40,41)(H,42,43,44)(H,28,29,30,31). The molecule has 1 heterocycles. The number of phenolic OH excluding ortho intramolecular Hbond substituents is 1. The van der Waals surface area contributed by atoms with Crippen molar-refractivity contribution < 1.29 is 44.0 Å². The Labute approximate surface area is 271 Å². The van der Waals surface area contributed by atoms with E-state index in [1.807, 2.05) is 0 Å². The monoisotopic (exact) mass is 721 g/mol. The molecule has 0 bridgehead atoms. The van der Waals surface area contributed by atoms with Gasteiger partial charge in [-0.05, 0) is 65.5 Å². The molecule has 0 aliphatic rings. The fourth-order valence-corrected chi connectivity index (χ4v) is 6.28. The Bertz CT molecular complexity index is 2380. The van der Waals surface area contributed by atoms with E-state index in [4.69, 9.17) is 11.6 Å². The lowest BCUT2D eigenvalue weighted by Crippen LogP contribution is -2.27. The third-order valence-electron chi connectivity index (χ3n) is 6.18. The predicted octanol–water partition coefficient (Wildman–Crippen LogP) is 5.02. The van der Waals surface area contributed by atoms with E-state index >= 15 is 0 Å². The molecule has 0 saturated carbocycles. The number of nitrogens with one attached hydrogen (secondary N) is 1. The highest BCUT2D eigenvalue weighted by molar-refractivity contribution is 7.86. The summed E-state index contributed by atoms with van der Waals surface area (Å²) in [7, 11) is -14.4. The normalized spacial score (nSPS) is 12.4. The van der Waals surface area contributed by atoms with Gasteiger partial charge in [-0.25, -0.2) is 0 Å². The average Bonchev–Trinajstić information content (AvgIpc) is 2.98. The average molecular weight is 722 g/mol. The maximum atomic E-state index is 12.3. The smallest absolute Gasteiger partial charge is 0.296 e. The molecule has 0 aliphatic heterocycles. The number of nitrogens with zero attached hydrogens (tertiary/aromatic N) is 6. The van der Waals surface area contributed by atoms with Crippen molar-refractivity contribution in [2.45, 2.75) is 9.79 Å². The largest absolute Gasteiger partial charge is 0.505 e. The third-order valence-corrected chi connectivity index (χ3v) is 8.71. The Kier molecular flexibility index (Phi) is 9.10. The van der Waals surface area contributed by atoms with Gasteiger partial charge in [0.15, 0.2) is 11.6 Å². The van der Waals surface area contributed by atoms with E-state index in [9.17, 15) is 44.0 Å². The number of para-hydroxylation sites is 1. The molecule has 0 amide bonds. The van der Waals surface area contributed by atoms with Crippen molar-refractivity contribution in [2.24, 2.45) is 10.2 Å². The van der Waals surface area contributed by atoms with E-state index in [1.165, 1.54) is 30.3 Å². The minimum Gasteiger partial charge on any atom is -0.505 e. The molecular formula is C26H20ClN7O10S3. The van der Waals surface area contributed by atoms with Gasteiger partial charge in [0.2, 0.25) is 17.2 Å². The van der Waals surface area contributed by atoms with Crippen LogP contribution in [0.15, 0.2) is 98.9 Å². The molecule has 1 aromatic heterocycles. The molecule has 0 saturated heterocycles. The van der Waals surface area contributed by atoms with Crippen LogP contribution in [-0.4, -0.2) is 64.8 Å². The molecular weight excluding hydrogens is 702 g/mol. The van der Waals surface area contributed by atoms with Crippen molar-refractivity contribution in [3.8, 4) is 5.75 Å². The summed E-state index contributed by atoms with van der Waals surface area (Å²) in [4.78, 5) is 11.7. The van der Waals surface area contributed by atoms with Crippen LogP contribution in [0, 0.1) is 0 Å². The van der Waals surface area contributed by atoms with Crippen LogP contribution in [-0.2, 0) is 30.4 Å².